The molecule has 0 aromatic heterocycles. The summed E-state index contributed by atoms with van der Waals surface area (Å²) in [5.41, 5.74) is 1.79. The Balaban J connectivity index is 2.73. The highest BCUT2D eigenvalue weighted by Gasteiger charge is 2.01. The number of amides is 1. The number of carbonyl (C=O) groups is 1. The Morgan fingerprint density at radius 1 is 1.44 bits per heavy atom. The van der Waals surface area contributed by atoms with Gasteiger partial charge in [-0.25, -0.2) is 0 Å². The molecule has 0 unspecified atom stereocenters. The van der Waals surface area contributed by atoms with Crippen LogP contribution in [0.3, 0.4) is 0 Å². The fourth-order valence-corrected chi connectivity index (χ4v) is 1.29. The molecule has 0 spiro atoms. The molecular weight excluding hydrogens is 200 g/mol. The molecule has 1 amide bonds. The minimum absolute atomic E-state index is 0.663. The van der Waals surface area contributed by atoms with Gasteiger partial charge in [0.25, 0.3) is 0 Å². The van der Waals surface area contributed by atoms with Crippen molar-refractivity contribution in [3.63, 3.8) is 0 Å². The van der Waals surface area contributed by atoms with E-state index < -0.39 is 0 Å². The van der Waals surface area contributed by atoms with Crippen molar-refractivity contribution < 1.29 is 4.79 Å². The molecule has 0 radical (unpaired) electrons. The molecule has 0 saturated heterocycles. The summed E-state index contributed by atoms with van der Waals surface area (Å²) < 4.78 is 0. The minimum Gasteiger partial charge on any atom is -0.344 e. The molecule has 0 aromatic carbocycles. The second-order valence-electron chi connectivity index (χ2n) is 3.33. The molecule has 3 nitrogen and oxygen atoms in total. The third-order valence-corrected chi connectivity index (χ3v) is 2.15. The first-order valence-corrected chi connectivity index (χ1v) is 5.09. The fourth-order valence-electron chi connectivity index (χ4n) is 1.29. The molecule has 1 heterocycles. The van der Waals surface area contributed by atoms with Gasteiger partial charge in [0.05, 0.1) is 0 Å². The SMILES string of the molecule is C=C/C(=C\C=C(/C)NC=O)N1C=CC=CC1. The maximum absolute atomic E-state index is 10.2. The lowest BCUT2D eigenvalue weighted by atomic mass is 10.2. The Morgan fingerprint density at radius 3 is 2.81 bits per heavy atom. The lowest BCUT2D eigenvalue weighted by Gasteiger charge is -2.21. The van der Waals surface area contributed by atoms with E-state index in [9.17, 15) is 4.79 Å². The predicted octanol–water partition coefficient (Wildman–Crippen LogP) is 2.09. The number of carbonyl (C=O) groups excluding carboxylic acids is 1. The topological polar surface area (TPSA) is 32.3 Å². The molecule has 1 rings (SSSR count). The van der Waals surface area contributed by atoms with Crippen LogP contribution in [-0.4, -0.2) is 17.9 Å². The van der Waals surface area contributed by atoms with E-state index in [0.717, 1.165) is 17.9 Å². The number of hydrogen-bond acceptors (Lipinski definition) is 2. The predicted molar refractivity (Wildman–Crippen MR) is 66.2 cm³/mol. The Kier molecular flexibility index (Phi) is 4.86. The van der Waals surface area contributed by atoms with Crippen molar-refractivity contribution in [2.75, 3.05) is 6.54 Å². The Bertz CT molecular complexity index is 375. The van der Waals surface area contributed by atoms with E-state index in [0.29, 0.717) is 6.41 Å². The van der Waals surface area contributed by atoms with Crippen molar-refractivity contribution in [2.45, 2.75) is 6.92 Å². The van der Waals surface area contributed by atoms with E-state index in [1.165, 1.54) is 0 Å². The van der Waals surface area contributed by atoms with Gasteiger partial charge in [0.2, 0.25) is 6.41 Å². The van der Waals surface area contributed by atoms with Gasteiger partial charge in [-0.2, -0.15) is 0 Å². The largest absolute Gasteiger partial charge is 0.344 e. The van der Waals surface area contributed by atoms with Gasteiger partial charge in [0.15, 0.2) is 0 Å². The number of rotatable bonds is 5. The van der Waals surface area contributed by atoms with Crippen molar-refractivity contribution >= 4 is 6.41 Å². The van der Waals surface area contributed by atoms with Gasteiger partial charge in [-0.3, -0.25) is 4.79 Å². The first kappa shape index (κ1) is 12.0. The Hall–Kier alpha value is -2.03. The lowest BCUT2D eigenvalue weighted by Crippen LogP contribution is -2.16. The van der Waals surface area contributed by atoms with E-state index in [1.54, 1.807) is 6.08 Å². The first-order chi connectivity index (χ1) is 7.77. The van der Waals surface area contributed by atoms with E-state index in [-0.39, 0.29) is 0 Å². The maximum Gasteiger partial charge on any atom is 0.211 e. The van der Waals surface area contributed by atoms with Crippen molar-refractivity contribution in [1.29, 1.82) is 0 Å². The summed E-state index contributed by atoms with van der Waals surface area (Å²) in [4.78, 5) is 12.3. The summed E-state index contributed by atoms with van der Waals surface area (Å²) in [6.45, 7) is 6.44. The second kappa shape index (κ2) is 6.45. The standard InChI is InChI=1S/C13H16N2O/c1-3-13(8-7-12(2)14-11-16)15-9-5-4-6-10-15/h3-9,11H,1,10H2,2H3,(H,14,16)/b12-7+,13-8+. The summed E-state index contributed by atoms with van der Waals surface area (Å²) in [6, 6.07) is 0. The number of hydrogen-bond donors (Lipinski definition) is 1. The first-order valence-electron chi connectivity index (χ1n) is 5.09. The van der Waals surface area contributed by atoms with Crippen LogP contribution in [0, 0.1) is 0 Å². The zero-order valence-electron chi connectivity index (χ0n) is 9.39. The smallest absolute Gasteiger partial charge is 0.211 e. The van der Waals surface area contributed by atoms with E-state index in [2.05, 4.69) is 22.9 Å². The molecule has 16 heavy (non-hydrogen) atoms. The number of allylic oxidation sites excluding steroid dienone is 6. The molecule has 0 bridgehead atoms. The van der Waals surface area contributed by atoms with Crippen LogP contribution >= 0.6 is 0 Å². The quantitative estimate of drug-likeness (QED) is 0.564. The maximum atomic E-state index is 10.2. The van der Waals surface area contributed by atoms with Crippen LogP contribution in [0.15, 0.2) is 60.6 Å². The summed E-state index contributed by atoms with van der Waals surface area (Å²) in [7, 11) is 0. The molecule has 0 fully saturated rings. The minimum atomic E-state index is 0.663. The number of nitrogens with zero attached hydrogens (tertiary/aromatic N) is 1. The molecule has 0 aliphatic carbocycles. The zero-order chi connectivity index (χ0) is 11.8. The monoisotopic (exact) mass is 216 g/mol. The number of nitrogens with one attached hydrogen (secondary N) is 1. The van der Waals surface area contributed by atoms with Crippen LogP contribution in [0.5, 0.6) is 0 Å². The van der Waals surface area contributed by atoms with Crippen LogP contribution in [0.25, 0.3) is 0 Å². The van der Waals surface area contributed by atoms with Crippen molar-refractivity contribution in [3.05, 3.63) is 60.6 Å². The Labute approximate surface area is 96.1 Å². The molecule has 0 saturated carbocycles. The van der Waals surface area contributed by atoms with Crippen molar-refractivity contribution in [1.82, 2.24) is 10.2 Å². The van der Waals surface area contributed by atoms with Gasteiger partial charge in [-0.05, 0) is 31.2 Å². The molecule has 0 aromatic rings. The third-order valence-electron chi connectivity index (χ3n) is 2.15. The van der Waals surface area contributed by atoms with Gasteiger partial charge in [0, 0.05) is 24.1 Å². The summed E-state index contributed by atoms with van der Waals surface area (Å²) in [5, 5.41) is 2.58. The molecule has 3 heteroatoms. The molecule has 84 valence electrons. The zero-order valence-corrected chi connectivity index (χ0v) is 9.39. The Morgan fingerprint density at radius 2 is 2.25 bits per heavy atom. The lowest BCUT2D eigenvalue weighted by molar-refractivity contribution is -0.108. The highest BCUT2D eigenvalue weighted by molar-refractivity contribution is 5.50. The second-order valence-corrected chi connectivity index (χ2v) is 3.33. The third kappa shape index (κ3) is 3.61. The highest BCUT2D eigenvalue weighted by atomic mass is 16.1. The summed E-state index contributed by atoms with van der Waals surface area (Å²) >= 11 is 0. The van der Waals surface area contributed by atoms with Gasteiger partial charge in [-0.15, -0.1) is 0 Å². The molecule has 1 N–H and O–H groups in total. The highest BCUT2D eigenvalue weighted by Crippen LogP contribution is 2.10. The van der Waals surface area contributed by atoms with Gasteiger partial charge >= 0.3 is 0 Å². The van der Waals surface area contributed by atoms with Crippen molar-refractivity contribution in [2.24, 2.45) is 0 Å². The van der Waals surface area contributed by atoms with Crippen LogP contribution in [0.4, 0.5) is 0 Å². The van der Waals surface area contributed by atoms with Crippen LogP contribution in [-0.2, 0) is 4.79 Å². The molecule has 1 aliphatic heterocycles. The average molecular weight is 216 g/mol. The molecule has 0 atom stereocenters. The van der Waals surface area contributed by atoms with Crippen molar-refractivity contribution in [3.8, 4) is 0 Å². The van der Waals surface area contributed by atoms with E-state index in [1.807, 2.05) is 37.4 Å². The van der Waals surface area contributed by atoms with Gasteiger partial charge < -0.3 is 10.2 Å². The van der Waals surface area contributed by atoms with Crippen LogP contribution in [0.1, 0.15) is 6.92 Å². The van der Waals surface area contributed by atoms with E-state index >= 15 is 0 Å². The van der Waals surface area contributed by atoms with Gasteiger partial charge in [0.1, 0.15) is 0 Å². The van der Waals surface area contributed by atoms with Crippen LogP contribution in [0.2, 0.25) is 0 Å². The van der Waals surface area contributed by atoms with Crippen LogP contribution < -0.4 is 5.32 Å². The summed E-state index contributed by atoms with van der Waals surface area (Å²) in [6.07, 6.45) is 14.2. The van der Waals surface area contributed by atoms with Gasteiger partial charge in [-0.1, -0.05) is 18.7 Å². The summed E-state index contributed by atoms with van der Waals surface area (Å²) in [5.74, 6) is 0. The fraction of sp³-hybridized carbons (Fsp3) is 0.154. The normalized spacial score (nSPS) is 16.2. The average Bonchev–Trinajstić information content (AvgIpc) is 2.31. The molecule has 1 aliphatic rings. The van der Waals surface area contributed by atoms with E-state index in [4.69, 9.17) is 0 Å². The molecular formula is C13H16N2O.